The Hall–Kier alpha value is -1.44. The molecule has 0 aliphatic rings. The largest absolute Gasteiger partial charge is 0.417 e. The van der Waals surface area contributed by atoms with Gasteiger partial charge in [0.25, 0.3) is 0 Å². The lowest BCUT2D eigenvalue weighted by atomic mass is 10.1. The number of alkyl halides is 3. The highest BCUT2D eigenvalue weighted by Crippen LogP contribution is 2.38. The molecular formula is C11H10F3N3S. The lowest BCUT2D eigenvalue weighted by molar-refractivity contribution is -0.137. The van der Waals surface area contributed by atoms with Crippen molar-refractivity contribution in [2.24, 2.45) is 5.84 Å². The standard InChI is InChI=1S/C11H10F3N3S/c12-11(13,14)9-4-2-1-3-8(9)10-16-5-7(18-10)6-17-15/h1-5,17H,6,15H2. The summed E-state index contributed by atoms with van der Waals surface area (Å²) in [4.78, 5) is 4.78. The van der Waals surface area contributed by atoms with Crippen LogP contribution in [0.2, 0.25) is 0 Å². The molecule has 18 heavy (non-hydrogen) atoms. The smallest absolute Gasteiger partial charge is 0.271 e. The average Bonchev–Trinajstić information content (AvgIpc) is 2.77. The number of hydrazine groups is 1. The number of aromatic nitrogens is 1. The summed E-state index contributed by atoms with van der Waals surface area (Å²) in [6.45, 7) is 0.381. The molecule has 0 spiro atoms. The summed E-state index contributed by atoms with van der Waals surface area (Å²) in [6, 6.07) is 5.40. The lowest BCUT2D eigenvalue weighted by Gasteiger charge is -2.10. The van der Waals surface area contributed by atoms with Crippen LogP contribution in [0.5, 0.6) is 0 Å². The number of nitrogens with two attached hydrogens (primary N) is 1. The molecule has 3 N–H and O–H groups in total. The van der Waals surface area contributed by atoms with Crippen LogP contribution in [0.1, 0.15) is 10.4 Å². The fraction of sp³-hybridized carbons (Fsp3) is 0.182. The van der Waals surface area contributed by atoms with Crippen molar-refractivity contribution in [1.29, 1.82) is 0 Å². The van der Waals surface area contributed by atoms with Crippen molar-refractivity contribution < 1.29 is 13.2 Å². The highest BCUT2D eigenvalue weighted by atomic mass is 32.1. The van der Waals surface area contributed by atoms with Gasteiger partial charge in [-0.25, -0.2) is 4.98 Å². The second-order valence-electron chi connectivity index (χ2n) is 3.56. The van der Waals surface area contributed by atoms with E-state index in [2.05, 4.69) is 10.4 Å². The van der Waals surface area contributed by atoms with Gasteiger partial charge in [-0.3, -0.25) is 11.3 Å². The molecule has 0 atom stereocenters. The zero-order valence-corrected chi connectivity index (χ0v) is 9.98. The van der Waals surface area contributed by atoms with Crippen LogP contribution in [0.15, 0.2) is 30.5 Å². The maximum absolute atomic E-state index is 12.8. The summed E-state index contributed by atoms with van der Waals surface area (Å²) in [5.74, 6) is 5.16. The first-order valence-corrected chi connectivity index (χ1v) is 5.89. The number of hydrogen-bond acceptors (Lipinski definition) is 4. The van der Waals surface area contributed by atoms with Crippen LogP contribution in [0.4, 0.5) is 13.2 Å². The van der Waals surface area contributed by atoms with E-state index < -0.39 is 11.7 Å². The monoisotopic (exact) mass is 273 g/mol. The number of nitrogens with zero attached hydrogens (tertiary/aromatic N) is 1. The zero-order chi connectivity index (χ0) is 13.2. The third-order valence-corrected chi connectivity index (χ3v) is 3.32. The van der Waals surface area contributed by atoms with Crippen molar-refractivity contribution in [1.82, 2.24) is 10.4 Å². The maximum Gasteiger partial charge on any atom is 0.417 e. The molecule has 0 aliphatic heterocycles. The summed E-state index contributed by atoms with van der Waals surface area (Å²) in [6.07, 6.45) is -2.86. The van der Waals surface area contributed by atoms with Crippen LogP contribution in [0.25, 0.3) is 10.6 Å². The SMILES string of the molecule is NNCc1cnc(-c2ccccc2C(F)(F)F)s1. The minimum absolute atomic E-state index is 0.0956. The molecule has 0 bridgehead atoms. The van der Waals surface area contributed by atoms with Crippen LogP contribution in [0.3, 0.4) is 0 Å². The Bertz CT molecular complexity index is 536. The van der Waals surface area contributed by atoms with Gasteiger partial charge in [-0.2, -0.15) is 13.2 Å². The second kappa shape index (κ2) is 5.05. The van der Waals surface area contributed by atoms with Gasteiger partial charge in [0.05, 0.1) is 5.56 Å². The summed E-state index contributed by atoms with van der Waals surface area (Å²) in [5.41, 5.74) is 1.86. The summed E-state index contributed by atoms with van der Waals surface area (Å²) in [5, 5.41) is 0.341. The van der Waals surface area contributed by atoms with Gasteiger partial charge in [0.1, 0.15) is 5.01 Å². The third kappa shape index (κ3) is 2.69. The molecule has 96 valence electrons. The Morgan fingerprint density at radius 2 is 2.00 bits per heavy atom. The highest BCUT2D eigenvalue weighted by molar-refractivity contribution is 7.15. The molecule has 0 fully saturated rings. The lowest BCUT2D eigenvalue weighted by Crippen LogP contribution is -2.19. The summed E-state index contributed by atoms with van der Waals surface area (Å²) >= 11 is 1.19. The number of thiazole rings is 1. The van der Waals surface area contributed by atoms with E-state index in [0.717, 1.165) is 10.9 Å². The molecule has 0 unspecified atom stereocenters. The molecule has 1 heterocycles. The normalized spacial score (nSPS) is 11.8. The molecule has 0 saturated heterocycles. The average molecular weight is 273 g/mol. The summed E-state index contributed by atoms with van der Waals surface area (Å²) in [7, 11) is 0. The quantitative estimate of drug-likeness (QED) is 0.668. The van der Waals surface area contributed by atoms with Crippen molar-refractivity contribution in [2.75, 3.05) is 0 Å². The maximum atomic E-state index is 12.8. The van der Waals surface area contributed by atoms with E-state index in [1.165, 1.54) is 29.7 Å². The molecule has 0 radical (unpaired) electrons. The van der Waals surface area contributed by atoms with Gasteiger partial charge in [0.2, 0.25) is 0 Å². The zero-order valence-electron chi connectivity index (χ0n) is 9.16. The van der Waals surface area contributed by atoms with Crippen LogP contribution in [-0.2, 0) is 12.7 Å². The fourth-order valence-corrected chi connectivity index (χ4v) is 2.43. The van der Waals surface area contributed by atoms with E-state index in [-0.39, 0.29) is 5.56 Å². The Kier molecular flexibility index (Phi) is 3.65. The Morgan fingerprint density at radius 1 is 1.28 bits per heavy atom. The first-order valence-electron chi connectivity index (χ1n) is 5.07. The van der Waals surface area contributed by atoms with Crippen LogP contribution in [0, 0.1) is 0 Å². The molecule has 1 aromatic heterocycles. The number of halogens is 3. The third-order valence-electron chi connectivity index (χ3n) is 2.29. The number of nitrogens with one attached hydrogen (secondary N) is 1. The van der Waals surface area contributed by atoms with E-state index in [9.17, 15) is 13.2 Å². The molecule has 3 nitrogen and oxygen atoms in total. The van der Waals surface area contributed by atoms with E-state index in [0.29, 0.717) is 11.6 Å². The van der Waals surface area contributed by atoms with Crippen LogP contribution >= 0.6 is 11.3 Å². The van der Waals surface area contributed by atoms with Crippen molar-refractivity contribution in [3.8, 4) is 10.6 Å². The first-order chi connectivity index (χ1) is 8.52. The predicted octanol–water partition coefficient (Wildman–Crippen LogP) is 2.79. The van der Waals surface area contributed by atoms with Crippen LogP contribution < -0.4 is 11.3 Å². The Balaban J connectivity index is 2.43. The minimum atomic E-state index is -4.38. The molecule has 2 aromatic rings. The van der Waals surface area contributed by atoms with Gasteiger partial charge in [0.15, 0.2) is 0 Å². The van der Waals surface area contributed by atoms with Crippen molar-refractivity contribution >= 4 is 11.3 Å². The van der Waals surface area contributed by atoms with Gasteiger partial charge >= 0.3 is 6.18 Å². The molecule has 7 heteroatoms. The first kappa shape index (κ1) is 13.0. The second-order valence-corrected chi connectivity index (χ2v) is 4.67. The van der Waals surface area contributed by atoms with Crippen LogP contribution in [-0.4, -0.2) is 4.98 Å². The molecule has 0 saturated carbocycles. The van der Waals surface area contributed by atoms with E-state index in [1.807, 2.05) is 0 Å². The number of hydrogen-bond donors (Lipinski definition) is 2. The number of rotatable bonds is 3. The fourth-order valence-electron chi connectivity index (χ4n) is 1.53. The Labute approximate surface area is 105 Å². The van der Waals surface area contributed by atoms with Gasteiger partial charge in [0, 0.05) is 23.2 Å². The topological polar surface area (TPSA) is 50.9 Å². The molecular weight excluding hydrogens is 263 g/mol. The molecule has 0 amide bonds. The van der Waals surface area contributed by atoms with Gasteiger partial charge in [-0.05, 0) is 6.07 Å². The van der Waals surface area contributed by atoms with Crippen molar-refractivity contribution in [3.05, 3.63) is 40.9 Å². The van der Waals surface area contributed by atoms with Gasteiger partial charge in [-0.15, -0.1) is 11.3 Å². The van der Waals surface area contributed by atoms with E-state index >= 15 is 0 Å². The molecule has 2 rings (SSSR count). The minimum Gasteiger partial charge on any atom is -0.271 e. The van der Waals surface area contributed by atoms with Gasteiger partial charge in [-0.1, -0.05) is 18.2 Å². The van der Waals surface area contributed by atoms with E-state index in [1.54, 1.807) is 6.07 Å². The number of benzene rings is 1. The summed E-state index contributed by atoms with van der Waals surface area (Å²) < 4.78 is 38.5. The predicted molar refractivity (Wildman–Crippen MR) is 63.6 cm³/mol. The highest BCUT2D eigenvalue weighted by Gasteiger charge is 2.33. The van der Waals surface area contributed by atoms with E-state index in [4.69, 9.17) is 5.84 Å². The molecule has 1 aromatic carbocycles. The molecule has 0 aliphatic carbocycles. The van der Waals surface area contributed by atoms with Crippen molar-refractivity contribution in [2.45, 2.75) is 12.7 Å². The van der Waals surface area contributed by atoms with Gasteiger partial charge < -0.3 is 0 Å². The Morgan fingerprint density at radius 3 is 2.67 bits per heavy atom. The van der Waals surface area contributed by atoms with Crippen molar-refractivity contribution in [3.63, 3.8) is 0 Å².